The van der Waals surface area contributed by atoms with Crippen LogP contribution in [0.25, 0.3) is 0 Å². The van der Waals surface area contributed by atoms with Crippen molar-refractivity contribution >= 4 is 5.95 Å². The molecular weight excluding hydrogens is 380 g/mol. The van der Waals surface area contributed by atoms with Crippen molar-refractivity contribution < 1.29 is 14.2 Å². The first kappa shape index (κ1) is 20.7. The number of rotatable bonds is 6. The Morgan fingerprint density at radius 3 is 2.37 bits per heavy atom. The normalized spacial score (nSPS) is 17.5. The number of hydrogen-bond acceptors (Lipinski definition) is 7. The van der Waals surface area contributed by atoms with E-state index in [9.17, 15) is 0 Å². The van der Waals surface area contributed by atoms with Gasteiger partial charge in [-0.05, 0) is 24.8 Å². The number of ether oxygens (including phenoxy) is 3. The Morgan fingerprint density at radius 2 is 1.67 bits per heavy atom. The van der Waals surface area contributed by atoms with Gasteiger partial charge in [0, 0.05) is 62.5 Å². The molecule has 2 aromatic rings. The van der Waals surface area contributed by atoms with Crippen LogP contribution in [0.1, 0.15) is 36.6 Å². The summed E-state index contributed by atoms with van der Waals surface area (Å²) in [5.41, 5.74) is 3.49. The molecule has 7 heteroatoms. The second-order valence-electron chi connectivity index (χ2n) is 8.29. The largest absolute Gasteiger partial charge is 0.496 e. The van der Waals surface area contributed by atoms with E-state index >= 15 is 0 Å². The first-order valence-corrected chi connectivity index (χ1v) is 10.7. The first-order valence-electron chi connectivity index (χ1n) is 10.7. The van der Waals surface area contributed by atoms with Crippen LogP contribution in [0.5, 0.6) is 17.2 Å². The molecule has 0 N–H and O–H groups in total. The van der Waals surface area contributed by atoms with Crippen LogP contribution in [0, 0.1) is 5.92 Å². The van der Waals surface area contributed by atoms with E-state index in [1.807, 2.05) is 18.3 Å². The Hall–Kier alpha value is -2.54. The molecule has 1 saturated heterocycles. The summed E-state index contributed by atoms with van der Waals surface area (Å²) < 4.78 is 16.5. The highest BCUT2D eigenvalue weighted by Gasteiger charge is 2.23. The summed E-state index contributed by atoms with van der Waals surface area (Å²) in [5.74, 6) is 3.91. The van der Waals surface area contributed by atoms with Gasteiger partial charge in [-0.25, -0.2) is 9.97 Å². The van der Waals surface area contributed by atoms with Crippen LogP contribution in [0.15, 0.2) is 18.3 Å². The molecule has 30 heavy (non-hydrogen) atoms. The lowest BCUT2D eigenvalue weighted by Crippen LogP contribution is -2.35. The van der Waals surface area contributed by atoms with Gasteiger partial charge in [-0.2, -0.15) is 0 Å². The summed E-state index contributed by atoms with van der Waals surface area (Å²) in [6.45, 7) is 7.01. The van der Waals surface area contributed by atoms with Crippen molar-refractivity contribution in [2.24, 2.45) is 5.92 Å². The number of hydrogen-bond donors (Lipinski definition) is 0. The standard InChI is InChI=1S/C23H32N4O3/c1-16-5-9-27(10-6-16)23-24-13-18-15-26(8-7-19(18)25-23)14-17-11-21(29-3)22(30-4)12-20(17)28-2/h11-13,16H,5-10,14-15H2,1-4H3. The lowest BCUT2D eigenvalue weighted by Gasteiger charge is -2.32. The number of methoxy groups -OCH3 is 3. The molecule has 3 heterocycles. The van der Waals surface area contributed by atoms with Gasteiger partial charge in [-0.1, -0.05) is 6.92 Å². The quantitative estimate of drug-likeness (QED) is 0.721. The average Bonchev–Trinajstić information content (AvgIpc) is 2.79. The smallest absolute Gasteiger partial charge is 0.225 e. The van der Waals surface area contributed by atoms with Gasteiger partial charge < -0.3 is 19.1 Å². The Kier molecular flexibility index (Phi) is 6.27. The van der Waals surface area contributed by atoms with E-state index in [1.54, 1.807) is 21.3 Å². The molecule has 0 bridgehead atoms. The van der Waals surface area contributed by atoms with Gasteiger partial charge in [0.15, 0.2) is 11.5 Å². The molecule has 162 valence electrons. The number of anilines is 1. The third-order valence-corrected chi connectivity index (χ3v) is 6.25. The van der Waals surface area contributed by atoms with Crippen molar-refractivity contribution in [3.8, 4) is 17.2 Å². The number of benzene rings is 1. The maximum absolute atomic E-state index is 5.60. The fraction of sp³-hybridized carbons (Fsp3) is 0.565. The second kappa shape index (κ2) is 9.08. The SMILES string of the molecule is COc1cc(OC)c(OC)cc1CN1CCc2nc(N3CCC(C)CC3)ncc2C1. The van der Waals surface area contributed by atoms with Gasteiger partial charge in [-0.15, -0.1) is 0 Å². The molecule has 2 aliphatic heterocycles. The van der Waals surface area contributed by atoms with E-state index in [1.165, 1.54) is 24.1 Å². The molecule has 1 aromatic carbocycles. The highest BCUT2D eigenvalue weighted by Crippen LogP contribution is 2.35. The zero-order chi connectivity index (χ0) is 21.1. The summed E-state index contributed by atoms with van der Waals surface area (Å²) in [7, 11) is 4.98. The second-order valence-corrected chi connectivity index (χ2v) is 8.29. The predicted octanol–water partition coefficient (Wildman–Crippen LogP) is 3.30. The molecule has 0 atom stereocenters. The molecule has 7 nitrogen and oxygen atoms in total. The maximum Gasteiger partial charge on any atom is 0.225 e. The molecule has 0 amide bonds. The zero-order valence-electron chi connectivity index (χ0n) is 18.5. The topological polar surface area (TPSA) is 60.0 Å². The van der Waals surface area contributed by atoms with Crippen LogP contribution in [-0.2, 0) is 19.5 Å². The average molecular weight is 413 g/mol. The summed E-state index contributed by atoms with van der Waals surface area (Å²) in [5, 5.41) is 0. The summed E-state index contributed by atoms with van der Waals surface area (Å²) >= 11 is 0. The van der Waals surface area contributed by atoms with Gasteiger partial charge in [0.1, 0.15) is 5.75 Å². The predicted molar refractivity (Wildman–Crippen MR) is 117 cm³/mol. The summed E-state index contributed by atoms with van der Waals surface area (Å²) in [6, 6.07) is 3.89. The van der Waals surface area contributed by atoms with E-state index in [-0.39, 0.29) is 0 Å². The Labute approximate surface area is 179 Å². The van der Waals surface area contributed by atoms with Crippen molar-refractivity contribution in [2.45, 2.75) is 39.3 Å². The number of nitrogens with zero attached hydrogens (tertiary/aromatic N) is 4. The summed E-state index contributed by atoms with van der Waals surface area (Å²) in [6.07, 6.45) is 5.40. The van der Waals surface area contributed by atoms with Gasteiger partial charge in [0.05, 0.1) is 27.0 Å². The lowest BCUT2D eigenvalue weighted by molar-refractivity contribution is 0.238. The molecule has 0 radical (unpaired) electrons. The Balaban J connectivity index is 1.47. The highest BCUT2D eigenvalue weighted by atomic mass is 16.5. The van der Waals surface area contributed by atoms with Gasteiger partial charge in [0.25, 0.3) is 0 Å². The molecule has 1 aromatic heterocycles. The third-order valence-electron chi connectivity index (χ3n) is 6.25. The minimum absolute atomic E-state index is 0.676. The van der Waals surface area contributed by atoms with Crippen molar-refractivity contribution in [2.75, 3.05) is 45.9 Å². The van der Waals surface area contributed by atoms with E-state index in [4.69, 9.17) is 24.2 Å². The number of aromatic nitrogens is 2. The minimum Gasteiger partial charge on any atom is -0.496 e. The number of piperidine rings is 1. The molecule has 1 fully saturated rings. The van der Waals surface area contributed by atoms with Crippen molar-refractivity contribution in [3.63, 3.8) is 0 Å². The van der Waals surface area contributed by atoms with Gasteiger partial charge >= 0.3 is 0 Å². The Bertz CT molecular complexity index is 881. The van der Waals surface area contributed by atoms with Crippen LogP contribution in [0.2, 0.25) is 0 Å². The third kappa shape index (κ3) is 4.31. The first-order chi connectivity index (χ1) is 14.6. The fourth-order valence-corrected chi connectivity index (χ4v) is 4.32. The zero-order valence-corrected chi connectivity index (χ0v) is 18.5. The molecule has 0 saturated carbocycles. The van der Waals surface area contributed by atoms with Crippen LogP contribution >= 0.6 is 0 Å². The highest BCUT2D eigenvalue weighted by molar-refractivity contribution is 5.50. The van der Waals surface area contributed by atoms with Crippen molar-refractivity contribution in [1.29, 1.82) is 0 Å². The Morgan fingerprint density at radius 1 is 0.967 bits per heavy atom. The fourth-order valence-electron chi connectivity index (χ4n) is 4.32. The summed E-state index contributed by atoms with van der Waals surface area (Å²) in [4.78, 5) is 14.3. The number of fused-ring (bicyclic) bond motifs is 1. The van der Waals surface area contributed by atoms with Crippen molar-refractivity contribution in [1.82, 2.24) is 14.9 Å². The molecule has 0 unspecified atom stereocenters. The molecule has 4 rings (SSSR count). The van der Waals surface area contributed by atoms with Crippen molar-refractivity contribution in [3.05, 3.63) is 35.2 Å². The van der Waals surface area contributed by atoms with Crippen LogP contribution in [0.3, 0.4) is 0 Å². The van der Waals surface area contributed by atoms with E-state index < -0.39 is 0 Å². The van der Waals surface area contributed by atoms with E-state index in [2.05, 4.69) is 16.7 Å². The maximum atomic E-state index is 5.60. The molecule has 2 aliphatic rings. The van der Waals surface area contributed by atoms with Crippen LogP contribution < -0.4 is 19.1 Å². The lowest BCUT2D eigenvalue weighted by atomic mass is 9.99. The van der Waals surface area contributed by atoms with E-state index in [0.29, 0.717) is 5.75 Å². The van der Waals surface area contributed by atoms with Crippen LogP contribution in [-0.4, -0.2) is 55.8 Å². The monoisotopic (exact) mass is 412 g/mol. The van der Waals surface area contributed by atoms with Gasteiger partial charge in [0.2, 0.25) is 5.95 Å². The molecular formula is C23H32N4O3. The minimum atomic E-state index is 0.676. The molecule has 0 spiro atoms. The van der Waals surface area contributed by atoms with Crippen LogP contribution in [0.4, 0.5) is 5.95 Å². The molecule has 0 aliphatic carbocycles. The van der Waals surface area contributed by atoms with E-state index in [0.717, 1.165) is 68.1 Å². The van der Waals surface area contributed by atoms with Gasteiger partial charge in [-0.3, -0.25) is 4.90 Å².